The van der Waals surface area contributed by atoms with Crippen LogP contribution >= 0.6 is 34.8 Å². The Hall–Kier alpha value is -2.31. The maximum Gasteiger partial charge on any atom is 0.256 e. The molecule has 1 unspecified atom stereocenters. The number of carbonyl (C=O) groups excluding carboxylic acids is 1. The Balaban J connectivity index is 1.65. The van der Waals surface area contributed by atoms with Crippen LogP contribution in [0.5, 0.6) is 0 Å². The lowest BCUT2D eigenvalue weighted by Gasteiger charge is -2.44. The molecule has 3 aromatic carbocycles. The van der Waals surface area contributed by atoms with Crippen molar-refractivity contribution >= 4 is 46.4 Å². The number of hydrogen-bond donors (Lipinski definition) is 1. The van der Waals surface area contributed by atoms with E-state index >= 15 is 0 Å². The molecule has 1 aliphatic rings. The number of benzene rings is 3. The van der Waals surface area contributed by atoms with Crippen molar-refractivity contribution in [1.82, 2.24) is 4.90 Å². The van der Waals surface area contributed by atoms with Gasteiger partial charge in [0.2, 0.25) is 0 Å². The summed E-state index contributed by atoms with van der Waals surface area (Å²) in [4.78, 5) is 16.7. The highest BCUT2D eigenvalue weighted by atomic mass is 35.5. The van der Waals surface area contributed by atoms with E-state index in [4.69, 9.17) is 34.8 Å². The van der Waals surface area contributed by atoms with Gasteiger partial charge in [0.15, 0.2) is 6.10 Å². The topological polar surface area (TPSA) is 43.8 Å². The van der Waals surface area contributed by atoms with Gasteiger partial charge in [0, 0.05) is 35.2 Å². The van der Waals surface area contributed by atoms with Crippen LogP contribution in [0, 0.1) is 5.82 Å². The molecule has 1 fully saturated rings. The lowest BCUT2D eigenvalue weighted by molar-refractivity contribution is -0.141. The first-order valence-electron chi connectivity index (χ1n) is 10.0. The van der Waals surface area contributed by atoms with Gasteiger partial charge in [-0.3, -0.25) is 4.79 Å². The van der Waals surface area contributed by atoms with Crippen molar-refractivity contribution in [3.05, 3.63) is 98.7 Å². The molecule has 0 saturated carbocycles. The third-order valence-corrected chi connectivity index (χ3v) is 6.39. The summed E-state index contributed by atoms with van der Waals surface area (Å²) in [6, 6.07) is 18.1. The van der Waals surface area contributed by atoms with E-state index in [1.807, 2.05) is 18.2 Å². The summed E-state index contributed by atoms with van der Waals surface area (Å²) in [5, 5.41) is 12.2. The molecule has 0 radical (unpaired) electrons. The van der Waals surface area contributed by atoms with E-state index in [1.165, 1.54) is 18.2 Å². The van der Waals surface area contributed by atoms with Gasteiger partial charge in [0.1, 0.15) is 5.82 Å². The summed E-state index contributed by atoms with van der Waals surface area (Å²) in [6.07, 6.45) is -1.58. The Morgan fingerprint density at radius 1 is 0.969 bits per heavy atom. The van der Waals surface area contributed by atoms with Gasteiger partial charge >= 0.3 is 0 Å². The lowest BCUT2D eigenvalue weighted by atomic mass is 10.00. The predicted molar refractivity (Wildman–Crippen MR) is 126 cm³/mol. The van der Waals surface area contributed by atoms with Crippen molar-refractivity contribution in [2.75, 3.05) is 24.5 Å². The Bertz CT molecular complexity index is 1130. The summed E-state index contributed by atoms with van der Waals surface area (Å²) in [7, 11) is 0. The summed E-state index contributed by atoms with van der Waals surface area (Å²) < 4.78 is 14.1. The van der Waals surface area contributed by atoms with E-state index in [-0.39, 0.29) is 18.2 Å². The summed E-state index contributed by atoms with van der Waals surface area (Å²) >= 11 is 18.6. The number of rotatable bonds is 4. The lowest BCUT2D eigenvalue weighted by Crippen LogP contribution is -2.52. The van der Waals surface area contributed by atoms with Gasteiger partial charge in [-0.25, -0.2) is 4.39 Å². The molecule has 3 aromatic rings. The van der Waals surface area contributed by atoms with E-state index in [9.17, 15) is 14.3 Å². The Morgan fingerprint density at radius 2 is 1.66 bits per heavy atom. The van der Waals surface area contributed by atoms with Crippen LogP contribution in [0.1, 0.15) is 23.3 Å². The number of nitrogens with zero attached hydrogens (tertiary/aromatic N) is 2. The number of amides is 1. The highest BCUT2D eigenvalue weighted by Gasteiger charge is 2.35. The van der Waals surface area contributed by atoms with Gasteiger partial charge in [-0.15, -0.1) is 0 Å². The van der Waals surface area contributed by atoms with Crippen molar-refractivity contribution in [2.24, 2.45) is 0 Å². The zero-order chi connectivity index (χ0) is 22.8. The Labute approximate surface area is 200 Å². The summed E-state index contributed by atoms with van der Waals surface area (Å²) in [6.45, 7) is 1.09. The maximum absolute atomic E-state index is 14.1. The SMILES string of the molecule is O=C(C(O)c1ccccc1F)N1CCN(c2ccc(Cl)cc2Cl)[C@H](c2ccc(Cl)cc2)C1. The average Bonchev–Trinajstić information content (AvgIpc) is 2.79. The van der Waals surface area contributed by atoms with E-state index < -0.39 is 17.8 Å². The second-order valence-corrected chi connectivity index (χ2v) is 8.84. The van der Waals surface area contributed by atoms with Crippen molar-refractivity contribution in [3.63, 3.8) is 0 Å². The molecule has 0 aromatic heterocycles. The first-order valence-corrected chi connectivity index (χ1v) is 11.2. The minimum Gasteiger partial charge on any atom is -0.378 e. The molecule has 8 heteroatoms. The maximum atomic E-state index is 14.1. The molecule has 0 aliphatic carbocycles. The van der Waals surface area contributed by atoms with Crippen molar-refractivity contribution in [2.45, 2.75) is 12.1 Å². The first kappa shape index (κ1) is 22.9. The molecule has 4 rings (SSSR count). The molecule has 0 spiro atoms. The number of halogens is 4. The molecule has 1 amide bonds. The van der Waals surface area contributed by atoms with Crippen LogP contribution in [0.4, 0.5) is 10.1 Å². The second kappa shape index (κ2) is 9.67. The third-order valence-electron chi connectivity index (χ3n) is 5.60. The van der Waals surface area contributed by atoms with E-state index in [2.05, 4.69) is 4.90 Å². The average molecular weight is 494 g/mol. The molecule has 32 heavy (non-hydrogen) atoms. The van der Waals surface area contributed by atoms with Gasteiger partial charge in [-0.1, -0.05) is 65.1 Å². The smallest absolute Gasteiger partial charge is 0.256 e. The van der Waals surface area contributed by atoms with Gasteiger partial charge in [0.25, 0.3) is 5.91 Å². The zero-order valence-electron chi connectivity index (χ0n) is 16.9. The molecule has 1 N–H and O–H groups in total. The van der Waals surface area contributed by atoms with E-state index in [0.29, 0.717) is 28.2 Å². The van der Waals surface area contributed by atoms with Crippen molar-refractivity contribution in [1.29, 1.82) is 0 Å². The fourth-order valence-corrected chi connectivity index (χ4v) is 4.60. The minimum absolute atomic E-state index is 0.0382. The standard InChI is InChI=1S/C24H20Cl3FN2O2/c25-16-7-5-15(6-8-16)22-14-29(24(32)23(31)18-3-1-2-4-20(18)28)11-12-30(22)21-10-9-17(26)13-19(21)27/h1-10,13,22-23,31H,11-12,14H2/t22-,23?/m0/s1. The minimum atomic E-state index is -1.58. The molecule has 1 aliphatic heterocycles. The van der Waals surface area contributed by atoms with E-state index in [0.717, 1.165) is 11.3 Å². The largest absolute Gasteiger partial charge is 0.378 e. The van der Waals surface area contributed by atoms with Crippen LogP contribution in [0.25, 0.3) is 0 Å². The van der Waals surface area contributed by atoms with Gasteiger partial charge in [-0.05, 0) is 42.0 Å². The molecule has 1 saturated heterocycles. The van der Waals surface area contributed by atoms with Gasteiger partial charge in [-0.2, -0.15) is 0 Å². The fourth-order valence-electron chi connectivity index (χ4n) is 3.96. The first-order chi connectivity index (χ1) is 15.3. The molecule has 166 valence electrons. The Morgan fingerprint density at radius 3 is 2.34 bits per heavy atom. The van der Waals surface area contributed by atoms with Crippen LogP contribution in [-0.4, -0.2) is 35.5 Å². The van der Waals surface area contributed by atoms with E-state index in [1.54, 1.807) is 35.2 Å². The van der Waals surface area contributed by atoms with Crippen LogP contribution < -0.4 is 4.90 Å². The monoisotopic (exact) mass is 492 g/mol. The molecule has 0 bridgehead atoms. The van der Waals surface area contributed by atoms with Gasteiger partial charge < -0.3 is 14.9 Å². The summed E-state index contributed by atoms with van der Waals surface area (Å²) in [5.41, 5.74) is 1.68. The Kier molecular flexibility index (Phi) is 6.91. The quantitative estimate of drug-likeness (QED) is 0.491. The molecule has 1 heterocycles. The number of piperazine rings is 1. The highest BCUT2D eigenvalue weighted by Crippen LogP contribution is 2.37. The third kappa shape index (κ3) is 4.71. The molecular weight excluding hydrogens is 474 g/mol. The molecular formula is C24H20Cl3FN2O2. The highest BCUT2D eigenvalue weighted by molar-refractivity contribution is 6.36. The van der Waals surface area contributed by atoms with Crippen molar-refractivity contribution in [3.8, 4) is 0 Å². The zero-order valence-corrected chi connectivity index (χ0v) is 19.2. The van der Waals surface area contributed by atoms with Crippen LogP contribution in [-0.2, 0) is 4.79 Å². The van der Waals surface area contributed by atoms with Gasteiger partial charge in [0.05, 0.1) is 16.8 Å². The normalized spacial score (nSPS) is 17.3. The number of aliphatic hydroxyl groups is 1. The number of anilines is 1. The second-order valence-electron chi connectivity index (χ2n) is 7.56. The number of aliphatic hydroxyl groups excluding tert-OH is 1. The van der Waals surface area contributed by atoms with Crippen LogP contribution in [0.15, 0.2) is 66.7 Å². The number of carbonyl (C=O) groups is 1. The van der Waals surface area contributed by atoms with Crippen LogP contribution in [0.2, 0.25) is 15.1 Å². The fraction of sp³-hybridized carbons (Fsp3) is 0.208. The predicted octanol–water partition coefficient (Wildman–Crippen LogP) is 5.91. The van der Waals surface area contributed by atoms with Crippen molar-refractivity contribution < 1.29 is 14.3 Å². The number of hydrogen-bond acceptors (Lipinski definition) is 3. The molecule has 2 atom stereocenters. The summed E-state index contributed by atoms with van der Waals surface area (Å²) in [5.74, 6) is -1.16. The van der Waals surface area contributed by atoms with Crippen LogP contribution in [0.3, 0.4) is 0 Å². The molecule has 4 nitrogen and oxygen atoms in total.